The van der Waals surface area contributed by atoms with Gasteiger partial charge in [-0.3, -0.25) is 0 Å². The first kappa shape index (κ1) is 15.3. The summed E-state index contributed by atoms with van der Waals surface area (Å²) in [6, 6.07) is 4.94. The van der Waals surface area contributed by atoms with Crippen molar-refractivity contribution >= 4 is 0 Å². The van der Waals surface area contributed by atoms with Crippen LogP contribution < -0.4 is 5.32 Å². The Morgan fingerprint density at radius 3 is 2.75 bits per heavy atom. The quantitative estimate of drug-likeness (QED) is 0.840. The van der Waals surface area contributed by atoms with Crippen molar-refractivity contribution in [1.82, 2.24) is 10.2 Å². The topological polar surface area (TPSA) is 35.5 Å². The number of nitrogens with zero attached hydrogens (tertiary/aromatic N) is 1. The normalized spacial score (nSPS) is 17.8. The molecule has 1 fully saturated rings. The third kappa shape index (κ3) is 3.93. The van der Waals surface area contributed by atoms with E-state index in [0.29, 0.717) is 0 Å². The van der Waals surface area contributed by atoms with Gasteiger partial charge < -0.3 is 15.3 Å². The van der Waals surface area contributed by atoms with Gasteiger partial charge in [0.15, 0.2) is 0 Å². The second kappa shape index (κ2) is 7.04. The monoisotopic (exact) mass is 280 g/mol. The van der Waals surface area contributed by atoms with E-state index in [1.54, 1.807) is 6.07 Å². The average Bonchev–Trinajstić information content (AvgIpc) is 2.92. The van der Waals surface area contributed by atoms with Gasteiger partial charge in [0.05, 0.1) is 0 Å². The Balaban J connectivity index is 1.78. The molecule has 0 aromatic heterocycles. The van der Waals surface area contributed by atoms with Gasteiger partial charge in [0, 0.05) is 36.8 Å². The van der Waals surface area contributed by atoms with Crippen LogP contribution in [-0.2, 0) is 0 Å². The highest BCUT2D eigenvalue weighted by Crippen LogP contribution is 2.25. The lowest BCUT2D eigenvalue weighted by atomic mass is 10.1. The fourth-order valence-electron chi connectivity index (χ4n) is 2.98. The minimum absolute atomic E-state index is 0.0209. The van der Waals surface area contributed by atoms with Crippen LogP contribution in [0.2, 0.25) is 0 Å². The number of likely N-dealkylation sites (N-methyl/N-ethyl adjacent to an activating group) is 1. The SMILES string of the molecule is CC(NCCN(C)C1CCCC1)c1ccc(F)cc1O. The lowest BCUT2D eigenvalue weighted by Gasteiger charge is -2.25. The summed E-state index contributed by atoms with van der Waals surface area (Å²) in [5, 5.41) is 13.1. The molecule has 0 heterocycles. The van der Waals surface area contributed by atoms with Gasteiger partial charge in [-0.05, 0) is 32.9 Å². The largest absolute Gasteiger partial charge is 0.508 e. The molecular formula is C16H25FN2O. The first-order chi connectivity index (χ1) is 9.58. The number of benzene rings is 1. The average molecular weight is 280 g/mol. The van der Waals surface area contributed by atoms with Crippen molar-refractivity contribution in [2.45, 2.75) is 44.7 Å². The van der Waals surface area contributed by atoms with Crippen LogP contribution in [-0.4, -0.2) is 36.2 Å². The van der Waals surface area contributed by atoms with Gasteiger partial charge in [0.1, 0.15) is 11.6 Å². The van der Waals surface area contributed by atoms with Crippen LogP contribution in [0.4, 0.5) is 4.39 Å². The maximum absolute atomic E-state index is 13.0. The van der Waals surface area contributed by atoms with Crippen molar-refractivity contribution in [2.24, 2.45) is 0 Å². The summed E-state index contributed by atoms with van der Waals surface area (Å²) in [7, 11) is 2.18. The predicted molar refractivity (Wildman–Crippen MR) is 79.4 cm³/mol. The second-order valence-electron chi connectivity index (χ2n) is 5.80. The molecule has 0 amide bonds. The number of nitrogens with one attached hydrogen (secondary N) is 1. The Kier molecular flexibility index (Phi) is 5.38. The summed E-state index contributed by atoms with van der Waals surface area (Å²) in [5.41, 5.74) is 0.745. The standard InChI is InChI=1S/C16H25FN2O/c1-12(15-8-7-13(17)11-16(15)20)18-9-10-19(2)14-5-3-4-6-14/h7-8,11-12,14,18,20H,3-6,9-10H2,1-2H3. The summed E-state index contributed by atoms with van der Waals surface area (Å²) in [4.78, 5) is 2.41. The molecule has 1 aliphatic rings. The highest BCUT2D eigenvalue weighted by Gasteiger charge is 2.19. The second-order valence-corrected chi connectivity index (χ2v) is 5.80. The Bertz CT molecular complexity index is 432. The van der Waals surface area contributed by atoms with Crippen LogP contribution in [0, 0.1) is 5.82 Å². The Labute approximate surface area is 120 Å². The van der Waals surface area contributed by atoms with Gasteiger partial charge in [0.25, 0.3) is 0 Å². The van der Waals surface area contributed by atoms with Crippen molar-refractivity contribution < 1.29 is 9.50 Å². The molecule has 0 spiro atoms. The minimum atomic E-state index is -0.403. The zero-order chi connectivity index (χ0) is 14.5. The van der Waals surface area contributed by atoms with E-state index in [2.05, 4.69) is 17.3 Å². The first-order valence-electron chi connectivity index (χ1n) is 7.50. The number of phenolic OH excluding ortho intramolecular Hbond substituents is 1. The molecule has 2 rings (SSSR count). The molecule has 2 N–H and O–H groups in total. The van der Waals surface area contributed by atoms with Crippen LogP contribution in [0.25, 0.3) is 0 Å². The highest BCUT2D eigenvalue weighted by molar-refractivity contribution is 5.34. The number of aromatic hydroxyl groups is 1. The molecule has 0 aliphatic heterocycles. The van der Waals surface area contributed by atoms with E-state index in [4.69, 9.17) is 0 Å². The molecule has 3 nitrogen and oxygen atoms in total. The predicted octanol–water partition coefficient (Wildman–Crippen LogP) is 3.06. The lowest BCUT2D eigenvalue weighted by Crippen LogP contribution is -2.36. The summed E-state index contributed by atoms with van der Waals surface area (Å²) in [5.74, 6) is -0.381. The van der Waals surface area contributed by atoms with Gasteiger partial charge in [-0.1, -0.05) is 18.9 Å². The van der Waals surface area contributed by atoms with Crippen LogP contribution in [0.5, 0.6) is 5.75 Å². The molecule has 0 bridgehead atoms. The molecule has 1 aromatic rings. The van der Waals surface area contributed by atoms with E-state index >= 15 is 0 Å². The van der Waals surface area contributed by atoms with Gasteiger partial charge >= 0.3 is 0 Å². The molecule has 20 heavy (non-hydrogen) atoms. The maximum Gasteiger partial charge on any atom is 0.126 e. The van der Waals surface area contributed by atoms with Gasteiger partial charge in [-0.15, -0.1) is 0 Å². The smallest absolute Gasteiger partial charge is 0.126 e. The summed E-state index contributed by atoms with van der Waals surface area (Å²) >= 11 is 0. The maximum atomic E-state index is 13.0. The van der Waals surface area contributed by atoms with E-state index in [-0.39, 0.29) is 11.8 Å². The van der Waals surface area contributed by atoms with Gasteiger partial charge in [-0.25, -0.2) is 4.39 Å². The first-order valence-corrected chi connectivity index (χ1v) is 7.50. The number of phenols is 1. The zero-order valence-electron chi connectivity index (χ0n) is 12.4. The fraction of sp³-hybridized carbons (Fsp3) is 0.625. The summed E-state index contributed by atoms with van der Waals surface area (Å²) in [6.07, 6.45) is 5.32. The van der Waals surface area contributed by atoms with E-state index < -0.39 is 5.82 Å². The van der Waals surface area contributed by atoms with Crippen molar-refractivity contribution in [2.75, 3.05) is 20.1 Å². The molecule has 1 aromatic carbocycles. The molecular weight excluding hydrogens is 255 g/mol. The van der Waals surface area contributed by atoms with Gasteiger partial charge in [-0.2, -0.15) is 0 Å². The van der Waals surface area contributed by atoms with Crippen LogP contribution in [0.1, 0.15) is 44.2 Å². The van der Waals surface area contributed by atoms with Crippen LogP contribution in [0.3, 0.4) is 0 Å². The third-order valence-electron chi connectivity index (χ3n) is 4.32. The minimum Gasteiger partial charge on any atom is -0.508 e. The van der Waals surface area contributed by atoms with Gasteiger partial charge in [0.2, 0.25) is 0 Å². The Hall–Kier alpha value is -1.13. The zero-order valence-corrected chi connectivity index (χ0v) is 12.4. The van der Waals surface area contributed by atoms with Crippen molar-refractivity contribution in [3.05, 3.63) is 29.6 Å². The van der Waals surface area contributed by atoms with E-state index in [1.807, 2.05) is 6.92 Å². The van der Waals surface area contributed by atoms with Crippen LogP contribution >= 0.6 is 0 Å². The number of hydrogen-bond donors (Lipinski definition) is 2. The number of rotatable bonds is 6. The number of hydrogen-bond acceptors (Lipinski definition) is 3. The molecule has 4 heteroatoms. The summed E-state index contributed by atoms with van der Waals surface area (Å²) in [6.45, 7) is 3.85. The van der Waals surface area contributed by atoms with E-state index in [9.17, 15) is 9.50 Å². The lowest BCUT2D eigenvalue weighted by molar-refractivity contribution is 0.242. The van der Waals surface area contributed by atoms with E-state index in [0.717, 1.165) is 30.8 Å². The Morgan fingerprint density at radius 1 is 1.40 bits per heavy atom. The van der Waals surface area contributed by atoms with Crippen molar-refractivity contribution in [3.63, 3.8) is 0 Å². The summed E-state index contributed by atoms with van der Waals surface area (Å²) < 4.78 is 13.0. The van der Waals surface area contributed by atoms with Crippen molar-refractivity contribution in [1.29, 1.82) is 0 Å². The molecule has 1 aliphatic carbocycles. The molecule has 1 saturated carbocycles. The molecule has 0 radical (unpaired) electrons. The molecule has 1 atom stereocenters. The molecule has 0 saturated heterocycles. The van der Waals surface area contributed by atoms with Crippen molar-refractivity contribution in [3.8, 4) is 5.75 Å². The number of halogens is 1. The highest BCUT2D eigenvalue weighted by atomic mass is 19.1. The molecule has 112 valence electrons. The Morgan fingerprint density at radius 2 is 2.10 bits per heavy atom. The molecule has 1 unspecified atom stereocenters. The van der Waals surface area contributed by atoms with Crippen LogP contribution in [0.15, 0.2) is 18.2 Å². The fourth-order valence-corrected chi connectivity index (χ4v) is 2.98. The third-order valence-corrected chi connectivity index (χ3v) is 4.32. The van der Waals surface area contributed by atoms with E-state index in [1.165, 1.54) is 31.7 Å².